The fourth-order valence-electron chi connectivity index (χ4n) is 2.89. The third-order valence-electron chi connectivity index (χ3n) is 4.11. The maximum atomic E-state index is 5.78. The Kier molecular flexibility index (Phi) is 3.89. The average Bonchev–Trinajstić information content (AvgIpc) is 2.71. The van der Waals surface area contributed by atoms with E-state index in [1.807, 2.05) is 0 Å². The predicted octanol–water partition coefficient (Wildman–Crippen LogP) is 2.30. The summed E-state index contributed by atoms with van der Waals surface area (Å²) in [6, 6.07) is 0.443. The van der Waals surface area contributed by atoms with Crippen molar-refractivity contribution in [2.45, 2.75) is 39.2 Å². The maximum Gasteiger partial charge on any atom is 0.203 e. The van der Waals surface area contributed by atoms with Gasteiger partial charge in [-0.25, -0.2) is 9.97 Å². The van der Waals surface area contributed by atoms with Crippen molar-refractivity contribution in [1.29, 1.82) is 0 Å². The Balaban J connectivity index is 2.13. The van der Waals surface area contributed by atoms with Crippen LogP contribution in [-0.4, -0.2) is 23.1 Å². The molecule has 1 aromatic rings. The minimum atomic E-state index is 0.382. The Hall–Kier alpha value is -1.52. The van der Waals surface area contributed by atoms with Gasteiger partial charge in [0, 0.05) is 6.04 Å². The summed E-state index contributed by atoms with van der Waals surface area (Å²) in [4.78, 5) is 8.17. The molecule has 3 atom stereocenters. The summed E-state index contributed by atoms with van der Waals surface area (Å²) in [7, 11) is 1.59. The fourth-order valence-corrected chi connectivity index (χ4v) is 2.89. The molecule has 1 heterocycles. The van der Waals surface area contributed by atoms with E-state index < -0.39 is 0 Å². The van der Waals surface area contributed by atoms with Crippen LogP contribution in [0, 0.1) is 11.8 Å². The van der Waals surface area contributed by atoms with Crippen molar-refractivity contribution in [3.63, 3.8) is 0 Å². The van der Waals surface area contributed by atoms with Crippen LogP contribution in [-0.2, 0) is 0 Å². The third kappa shape index (κ3) is 2.35. The van der Waals surface area contributed by atoms with Crippen molar-refractivity contribution in [1.82, 2.24) is 9.97 Å². The molecule has 0 aliphatic heterocycles. The summed E-state index contributed by atoms with van der Waals surface area (Å²) in [6.07, 6.45) is 5.16. The number of nitrogens with zero attached hydrogens (tertiary/aromatic N) is 2. The minimum Gasteiger partial charge on any atom is -0.490 e. The number of hydrogen-bond donors (Lipinski definition) is 2. The zero-order chi connectivity index (χ0) is 13.1. The molecular formula is C13H22N4O. The number of aromatic nitrogens is 2. The molecule has 1 saturated carbocycles. The van der Waals surface area contributed by atoms with Crippen LogP contribution in [0.4, 0.5) is 11.6 Å². The smallest absolute Gasteiger partial charge is 0.203 e. The van der Waals surface area contributed by atoms with Gasteiger partial charge in [0.2, 0.25) is 5.75 Å². The second kappa shape index (κ2) is 5.42. The van der Waals surface area contributed by atoms with E-state index in [0.29, 0.717) is 29.3 Å². The van der Waals surface area contributed by atoms with Crippen LogP contribution in [0.1, 0.15) is 33.1 Å². The average molecular weight is 250 g/mol. The summed E-state index contributed by atoms with van der Waals surface area (Å²) < 4.78 is 5.26. The van der Waals surface area contributed by atoms with Crippen molar-refractivity contribution in [2.24, 2.45) is 11.8 Å². The van der Waals surface area contributed by atoms with Crippen LogP contribution in [0.3, 0.4) is 0 Å². The molecule has 0 amide bonds. The molecule has 3 N–H and O–H groups in total. The minimum absolute atomic E-state index is 0.382. The standard InChI is InChI=1S/C13H22N4O/c1-4-9-5-6-10(8(9)2)17-13-11(18-3)12(14)15-7-16-13/h7-10H,4-6H2,1-3H3,(H3,14,15,16,17). The molecule has 5 heteroatoms. The highest BCUT2D eigenvalue weighted by atomic mass is 16.5. The molecule has 1 fully saturated rings. The van der Waals surface area contributed by atoms with Gasteiger partial charge < -0.3 is 15.8 Å². The van der Waals surface area contributed by atoms with Crippen molar-refractivity contribution >= 4 is 11.6 Å². The normalized spacial score (nSPS) is 27.2. The van der Waals surface area contributed by atoms with Gasteiger partial charge in [-0.3, -0.25) is 0 Å². The van der Waals surface area contributed by atoms with Crippen LogP contribution >= 0.6 is 0 Å². The molecule has 2 rings (SSSR count). The van der Waals surface area contributed by atoms with Crippen LogP contribution in [0.5, 0.6) is 5.75 Å². The summed E-state index contributed by atoms with van der Waals surface area (Å²) in [5.41, 5.74) is 5.78. The van der Waals surface area contributed by atoms with Crippen molar-refractivity contribution in [2.75, 3.05) is 18.2 Å². The molecule has 0 spiro atoms. The Labute approximate surface area is 108 Å². The van der Waals surface area contributed by atoms with Gasteiger partial charge in [-0.1, -0.05) is 20.3 Å². The van der Waals surface area contributed by atoms with Crippen LogP contribution in [0.25, 0.3) is 0 Å². The SMILES string of the molecule is CCC1CCC(Nc2ncnc(N)c2OC)C1C. The molecule has 100 valence electrons. The highest BCUT2D eigenvalue weighted by Gasteiger charge is 2.32. The highest BCUT2D eigenvalue weighted by Crippen LogP contribution is 2.37. The first-order chi connectivity index (χ1) is 8.67. The van der Waals surface area contributed by atoms with Crippen LogP contribution < -0.4 is 15.8 Å². The lowest BCUT2D eigenvalue weighted by Gasteiger charge is -2.22. The fraction of sp³-hybridized carbons (Fsp3) is 0.692. The second-order valence-electron chi connectivity index (χ2n) is 5.00. The number of nitrogens with one attached hydrogen (secondary N) is 1. The molecule has 3 unspecified atom stereocenters. The zero-order valence-electron chi connectivity index (χ0n) is 11.3. The maximum absolute atomic E-state index is 5.78. The van der Waals surface area contributed by atoms with Crippen molar-refractivity contribution < 1.29 is 4.74 Å². The van der Waals surface area contributed by atoms with E-state index >= 15 is 0 Å². The zero-order valence-corrected chi connectivity index (χ0v) is 11.3. The lowest BCUT2D eigenvalue weighted by molar-refractivity contribution is 0.388. The first-order valence-corrected chi connectivity index (χ1v) is 6.58. The largest absolute Gasteiger partial charge is 0.490 e. The van der Waals surface area contributed by atoms with Crippen LogP contribution in [0.2, 0.25) is 0 Å². The molecule has 18 heavy (non-hydrogen) atoms. The Morgan fingerprint density at radius 2 is 2.22 bits per heavy atom. The van der Waals surface area contributed by atoms with Crippen molar-refractivity contribution in [3.8, 4) is 5.75 Å². The first kappa shape index (κ1) is 12.9. The molecular weight excluding hydrogens is 228 g/mol. The van der Waals surface area contributed by atoms with E-state index in [0.717, 1.165) is 5.92 Å². The highest BCUT2D eigenvalue weighted by molar-refractivity contribution is 5.61. The van der Waals surface area contributed by atoms with E-state index in [2.05, 4.69) is 29.1 Å². The van der Waals surface area contributed by atoms with E-state index in [4.69, 9.17) is 10.5 Å². The molecule has 0 bridgehead atoms. The molecule has 0 saturated heterocycles. The van der Waals surface area contributed by atoms with Gasteiger partial charge >= 0.3 is 0 Å². The van der Waals surface area contributed by atoms with Gasteiger partial charge in [-0.05, 0) is 24.7 Å². The lowest BCUT2D eigenvalue weighted by atomic mass is 9.93. The Morgan fingerprint density at radius 3 is 2.83 bits per heavy atom. The van der Waals surface area contributed by atoms with Gasteiger partial charge in [0.1, 0.15) is 6.33 Å². The topological polar surface area (TPSA) is 73.1 Å². The van der Waals surface area contributed by atoms with Gasteiger partial charge in [-0.15, -0.1) is 0 Å². The van der Waals surface area contributed by atoms with Gasteiger partial charge in [-0.2, -0.15) is 0 Å². The molecule has 1 aliphatic rings. The summed E-state index contributed by atoms with van der Waals surface area (Å²) in [5, 5.41) is 3.46. The van der Waals surface area contributed by atoms with E-state index in [1.165, 1.54) is 25.6 Å². The summed E-state index contributed by atoms with van der Waals surface area (Å²) in [6.45, 7) is 4.56. The van der Waals surface area contributed by atoms with Gasteiger partial charge in [0.15, 0.2) is 11.6 Å². The lowest BCUT2D eigenvalue weighted by Crippen LogP contribution is -2.25. The predicted molar refractivity (Wildman–Crippen MR) is 72.6 cm³/mol. The third-order valence-corrected chi connectivity index (χ3v) is 4.11. The van der Waals surface area contributed by atoms with E-state index in [9.17, 15) is 0 Å². The number of hydrogen-bond acceptors (Lipinski definition) is 5. The summed E-state index contributed by atoms with van der Waals surface area (Å²) >= 11 is 0. The number of methoxy groups -OCH3 is 1. The quantitative estimate of drug-likeness (QED) is 0.857. The number of rotatable bonds is 4. The number of anilines is 2. The summed E-state index contributed by atoms with van der Waals surface area (Å²) in [5.74, 6) is 3.08. The molecule has 5 nitrogen and oxygen atoms in total. The Morgan fingerprint density at radius 1 is 1.44 bits per heavy atom. The van der Waals surface area contributed by atoms with Gasteiger partial charge in [0.25, 0.3) is 0 Å². The molecule has 0 radical (unpaired) electrons. The van der Waals surface area contributed by atoms with Gasteiger partial charge in [0.05, 0.1) is 7.11 Å². The van der Waals surface area contributed by atoms with Crippen LogP contribution in [0.15, 0.2) is 6.33 Å². The molecule has 1 aromatic heterocycles. The number of ether oxygens (including phenoxy) is 1. The van der Waals surface area contributed by atoms with Crippen molar-refractivity contribution in [3.05, 3.63) is 6.33 Å². The Bertz CT molecular complexity index is 410. The van der Waals surface area contributed by atoms with E-state index in [1.54, 1.807) is 7.11 Å². The molecule has 1 aliphatic carbocycles. The monoisotopic (exact) mass is 250 g/mol. The number of nitrogen functional groups attached to an aromatic ring is 1. The molecule has 0 aromatic carbocycles. The first-order valence-electron chi connectivity index (χ1n) is 6.58. The second-order valence-corrected chi connectivity index (χ2v) is 5.00. The number of nitrogens with two attached hydrogens (primary N) is 1. The van der Waals surface area contributed by atoms with E-state index in [-0.39, 0.29) is 0 Å².